The molecule has 0 bridgehead atoms. The van der Waals surface area contributed by atoms with Crippen molar-refractivity contribution in [3.05, 3.63) is 291 Å². The van der Waals surface area contributed by atoms with Crippen LogP contribution >= 0.6 is 0 Å². The van der Waals surface area contributed by atoms with Crippen molar-refractivity contribution in [2.75, 3.05) is 14.7 Å². The van der Waals surface area contributed by atoms with E-state index in [0.717, 1.165) is 112 Å². The number of fused-ring (bicyclic) bond motifs is 5. The molecule has 13 aromatic rings. The predicted molar refractivity (Wildman–Crippen MR) is 309 cm³/mol. The number of nitrogens with zero attached hydrogens (tertiary/aromatic N) is 4. The van der Waals surface area contributed by atoms with Gasteiger partial charge in [0.15, 0.2) is 5.58 Å². The SMILES string of the molecule is c1ccc(-c2nc3c(ccc4ccc5ccc(N(c6cccc(N(c7ccccc7)c7ccc(N(c8ccccc8)c8ccccc8)cc7)c6)c6ccccc6-c6ccccc6-c6ccccc6)cc5c43)o2)cc1. The van der Waals surface area contributed by atoms with Crippen LogP contribution in [0.2, 0.25) is 0 Å². The first-order chi connectivity index (χ1) is 36.7. The van der Waals surface area contributed by atoms with Crippen molar-refractivity contribution in [2.24, 2.45) is 0 Å². The molecule has 0 spiro atoms. The van der Waals surface area contributed by atoms with Crippen LogP contribution in [0.25, 0.3) is 66.4 Å². The zero-order chi connectivity index (χ0) is 49.2. The van der Waals surface area contributed by atoms with Crippen molar-refractivity contribution < 1.29 is 4.42 Å². The van der Waals surface area contributed by atoms with Crippen molar-refractivity contribution in [3.63, 3.8) is 0 Å². The quantitative estimate of drug-likeness (QED) is 0.114. The highest BCUT2D eigenvalue weighted by atomic mass is 16.3. The molecule has 0 aliphatic heterocycles. The smallest absolute Gasteiger partial charge is 0.227 e. The summed E-state index contributed by atoms with van der Waals surface area (Å²) in [6.45, 7) is 0. The highest BCUT2D eigenvalue weighted by Gasteiger charge is 2.23. The van der Waals surface area contributed by atoms with Gasteiger partial charge in [-0.2, -0.15) is 0 Å². The summed E-state index contributed by atoms with van der Waals surface area (Å²) in [5.41, 5.74) is 16.5. The largest absolute Gasteiger partial charge is 0.436 e. The van der Waals surface area contributed by atoms with E-state index >= 15 is 0 Å². The molecule has 5 heteroatoms. The maximum Gasteiger partial charge on any atom is 0.227 e. The van der Waals surface area contributed by atoms with Crippen LogP contribution in [-0.2, 0) is 0 Å². The van der Waals surface area contributed by atoms with Gasteiger partial charge in [-0.15, -0.1) is 0 Å². The van der Waals surface area contributed by atoms with Crippen LogP contribution in [0.1, 0.15) is 0 Å². The minimum atomic E-state index is 0.605. The maximum absolute atomic E-state index is 6.48. The summed E-state index contributed by atoms with van der Waals surface area (Å²) < 4.78 is 6.48. The number of anilines is 9. The minimum absolute atomic E-state index is 0.605. The van der Waals surface area contributed by atoms with Gasteiger partial charge in [0.1, 0.15) is 5.52 Å². The van der Waals surface area contributed by atoms with Crippen LogP contribution < -0.4 is 14.7 Å². The van der Waals surface area contributed by atoms with Crippen LogP contribution in [0.5, 0.6) is 0 Å². The first-order valence-electron chi connectivity index (χ1n) is 25.0. The molecule has 0 saturated carbocycles. The van der Waals surface area contributed by atoms with Crippen molar-refractivity contribution in [3.8, 4) is 33.7 Å². The lowest BCUT2D eigenvalue weighted by molar-refractivity contribution is 0.620. The first kappa shape index (κ1) is 44.0. The van der Waals surface area contributed by atoms with E-state index in [0.29, 0.717) is 5.89 Å². The van der Waals surface area contributed by atoms with Crippen molar-refractivity contribution in [1.82, 2.24) is 4.98 Å². The van der Waals surface area contributed by atoms with E-state index in [1.165, 1.54) is 0 Å². The Morgan fingerprint density at radius 1 is 0.284 bits per heavy atom. The predicted octanol–water partition coefficient (Wildman–Crippen LogP) is 19.5. The molecule has 0 aliphatic rings. The Balaban J connectivity index is 0.999. The molecule has 0 radical (unpaired) electrons. The Hall–Kier alpha value is -9.97. The summed E-state index contributed by atoms with van der Waals surface area (Å²) in [6.07, 6.45) is 0. The number of hydrogen-bond acceptors (Lipinski definition) is 5. The molecule has 0 unspecified atom stereocenters. The third-order valence-corrected chi connectivity index (χ3v) is 13.8. The Labute approximate surface area is 430 Å². The molecule has 13 rings (SSSR count). The summed E-state index contributed by atoms with van der Waals surface area (Å²) in [4.78, 5) is 12.2. The lowest BCUT2D eigenvalue weighted by Gasteiger charge is -2.31. The van der Waals surface area contributed by atoms with E-state index in [1.54, 1.807) is 0 Å². The lowest BCUT2D eigenvalue weighted by Crippen LogP contribution is -2.14. The van der Waals surface area contributed by atoms with Crippen molar-refractivity contribution in [2.45, 2.75) is 0 Å². The lowest BCUT2D eigenvalue weighted by atomic mass is 9.93. The van der Waals surface area contributed by atoms with Gasteiger partial charge in [0, 0.05) is 62.0 Å². The van der Waals surface area contributed by atoms with E-state index in [9.17, 15) is 0 Å². The van der Waals surface area contributed by atoms with Crippen LogP contribution in [0.3, 0.4) is 0 Å². The van der Waals surface area contributed by atoms with E-state index in [4.69, 9.17) is 9.40 Å². The van der Waals surface area contributed by atoms with Gasteiger partial charge in [0.2, 0.25) is 5.89 Å². The first-order valence-corrected chi connectivity index (χ1v) is 25.0. The summed E-state index contributed by atoms with van der Waals surface area (Å²) >= 11 is 0. The second kappa shape index (κ2) is 19.3. The fourth-order valence-corrected chi connectivity index (χ4v) is 10.4. The molecule has 0 saturated heterocycles. The van der Waals surface area contributed by atoms with Crippen LogP contribution in [0, 0.1) is 0 Å². The third kappa shape index (κ3) is 8.28. The Bertz CT molecular complexity index is 4030. The number of hydrogen-bond donors (Lipinski definition) is 0. The fourth-order valence-electron chi connectivity index (χ4n) is 10.4. The summed E-state index contributed by atoms with van der Waals surface area (Å²) in [7, 11) is 0. The number of para-hydroxylation sites is 4. The second-order valence-corrected chi connectivity index (χ2v) is 18.3. The minimum Gasteiger partial charge on any atom is -0.436 e. The highest BCUT2D eigenvalue weighted by molar-refractivity contribution is 6.19. The normalized spacial score (nSPS) is 11.2. The summed E-state index contributed by atoms with van der Waals surface area (Å²) in [5, 5.41) is 4.36. The topological polar surface area (TPSA) is 35.8 Å². The summed E-state index contributed by atoms with van der Waals surface area (Å²) in [5.74, 6) is 0.605. The molecular weight excluding hydrogens is 901 g/mol. The van der Waals surface area contributed by atoms with Crippen LogP contribution in [-0.4, -0.2) is 4.98 Å². The van der Waals surface area contributed by atoms with E-state index in [2.05, 4.69) is 269 Å². The second-order valence-electron chi connectivity index (χ2n) is 18.3. The van der Waals surface area contributed by atoms with Gasteiger partial charge < -0.3 is 19.1 Å². The molecule has 350 valence electrons. The van der Waals surface area contributed by atoms with E-state index in [-0.39, 0.29) is 0 Å². The van der Waals surface area contributed by atoms with E-state index < -0.39 is 0 Å². The van der Waals surface area contributed by atoms with Gasteiger partial charge in [0.05, 0.1) is 5.69 Å². The molecule has 0 aliphatic carbocycles. The zero-order valence-electron chi connectivity index (χ0n) is 40.4. The zero-order valence-corrected chi connectivity index (χ0v) is 40.4. The number of aromatic nitrogens is 1. The van der Waals surface area contributed by atoms with E-state index in [1.807, 2.05) is 36.4 Å². The number of oxazole rings is 1. The molecule has 5 nitrogen and oxygen atoms in total. The molecule has 74 heavy (non-hydrogen) atoms. The molecule has 0 fully saturated rings. The third-order valence-electron chi connectivity index (χ3n) is 13.8. The molecule has 1 aromatic heterocycles. The van der Waals surface area contributed by atoms with Gasteiger partial charge in [0.25, 0.3) is 0 Å². The Kier molecular flexibility index (Phi) is 11.5. The Morgan fingerprint density at radius 2 is 0.703 bits per heavy atom. The van der Waals surface area contributed by atoms with Crippen molar-refractivity contribution >= 4 is 83.8 Å². The van der Waals surface area contributed by atoms with Crippen LogP contribution in [0.4, 0.5) is 51.2 Å². The molecule has 1 heterocycles. The van der Waals surface area contributed by atoms with Gasteiger partial charge >= 0.3 is 0 Å². The number of rotatable bonds is 12. The average Bonchev–Trinajstić information content (AvgIpc) is 3.94. The molecular formula is C69H48N4O. The van der Waals surface area contributed by atoms with Gasteiger partial charge in [-0.25, -0.2) is 4.98 Å². The van der Waals surface area contributed by atoms with Crippen molar-refractivity contribution in [1.29, 1.82) is 0 Å². The maximum atomic E-state index is 6.48. The molecule has 0 N–H and O–H groups in total. The van der Waals surface area contributed by atoms with Crippen LogP contribution in [0.15, 0.2) is 296 Å². The molecule has 0 amide bonds. The molecule has 0 atom stereocenters. The highest BCUT2D eigenvalue weighted by Crippen LogP contribution is 2.47. The summed E-state index contributed by atoms with van der Waals surface area (Å²) in [6, 6.07) is 103. The molecule has 12 aromatic carbocycles. The van der Waals surface area contributed by atoms with Gasteiger partial charge in [-0.1, -0.05) is 176 Å². The monoisotopic (exact) mass is 948 g/mol. The standard InChI is InChI=1S/C69H48N4O/c1-6-21-49(22-7-1)61-33-16-17-34-62(61)63-35-18-19-36-65(63)73(60-41-39-50-37-38-51-40-46-66-68(67(51)64(50)48-60)70-69(74-66)52-23-8-2-9-24-52)59-32-20-31-58(47-59)72(55-29-14-5-15-30-55)57-44-42-56(43-45-57)71(53-25-10-3-11-26-53)54-27-12-4-13-28-54/h1-48H. The average molecular weight is 949 g/mol. The Morgan fingerprint density at radius 3 is 1.32 bits per heavy atom. The van der Waals surface area contributed by atoms with Gasteiger partial charge in [-0.3, -0.25) is 0 Å². The fraction of sp³-hybridized carbons (Fsp3) is 0. The number of benzene rings is 12. The van der Waals surface area contributed by atoms with Gasteiger partial charge in [-0.05, 0) is 148 Å².